The van der Waals surface area contributed by atoms with E-state index in [2.05, 4.69) is 16.7 Å². The second-order valence-corrected chi connectivity index (χ2v) is 5.87. The Bertz CT molecular complexity index is 353. The first-order valence-electron chi connectivity index (χ1n) is 8.81. The lowest BCUT2D eigenvalue weighted by molar-refractivity contribution is -0.268. The smallest absolute Gasteiger partial charge is 0.303 e. The van der Waals surface area contributed by atoms with E-state index in [9.17, 15) is 4.79 Å². The number of unbranched alkanes of at least 4 members (excludes halogenated alkanes) is 6. The predicted molar refractivity (Wildman–Crippen MR) is 92.8 cm³/mol. The zero-order valence-electron chi connectivity index (χ0n) is 14.6. The van der Waals surface area contributed by atoms with Crippen molar-refractivity contribution in [2.24, 2.45) is 0 Å². The number of aliphatic carboxylic acids is 1. The van der Waals surface area contributed by atoms with E-state index in [-0.39, 0.29) is 6.42 Å². The van der Waals surface area contributed by atoms with Gasteiger partial charge in [-0.2, -0.15) is 0 Å². The van der Waals surface area contributed by atoms with E-state index < -0.39 is 18.2 Å². The SMILES string of the molecule is CCCCCC(/C=C/C(/C=C/CCCCCCC(=O)O)OO)OO. The molecule has 0 aromatic carbocycles. The van der Waals surface area contributed by atoms with Gasteiger partial charge in [-0.3, -0.25) is 15.3 Å². The summed E-state index contributed by atoms with van der Waals surface area (Å²) >= 11 is 0. The third kappa shape index (κ3) is 14.4. The summed E-state index contributed by atoms with van der Waals surface area (Å²) in [5, 5.41) is 26.3. The van der Waals surface area contributed by atoms with Gasteiger partial charge < -0.3 is 5.11 Å². The lowest BCUT2D eigenvalue weighted by atomic mass is 10.1. The number of hydrogen-bond donors (Lipinski definition) is 3. The first kappa shape index (κ1) is 22.8. The molecule has 2 atom stereocenters. The van der Waals surface area contributed by atoms with Crippen LogP contribution in [0.15, 0.2) is 24.3 Å². The minimum atomic E-state index is -0.746. The molecule has 0 fully saturated rings. The van der Waals surface area contributed by atoms with Gasteiger partial charge in [0, 0.05) is 6.42 Å². The molecule has 0 radical (unpaired) electrons. The summed E-state index contributed by atoms with van der Waals surface area (Å²) in [6.45, 7) is 2.11. The van der Waals surface area contributed by atoms with Crippen LogP contribution in [0, 0.1) is 0 Å². The molecule has 0 saturated heterocycles. The zero-order chi connectivity index (χ0) is 18.0. The Kier molecular flexibility index (Phi) is 15.8. The zero-order valence-corrected chi connectivity index (χ0v) is 14.6. The molecule has 0 aromatic rings. The van der Waals surface area contributed by atoms with Crippen molar-refractivity contribution >= 4 is 5.97 Å². The van der Waals surface area contributed by atoms with Crippen molar-refractivity contribution in [1.82, 2.24) is 0 Å². The summed E-state index contributed by atoms with van der Waals surface area (Å²) in [6.07, 6.45) is 14.6. The second-order valence-electron chi connectivity index (χ2n) is 5.87. The maximum atomic E-state index is 10.4. The van der Waals surface area contributed by atoms with Crippen LogP contribution in [0.4, 0.5) is 0 Å². The van der Waals surface area contributed by atoms with Gasteiger partial charge in [0.2, 0.25) is 0 Å². The maximum Gasteiger partial charge on any atom is 0.303 e. The van der Waals surface area contributed by atoms with E-state index in [0.717, 1.165) is 51.4 Å². The van der Waals surface area contributed by atoms with Gasteiger partial charge in [-0.25, -0.2) is 9.78 Å². The van der Waals surface area contributed by atoms with Gasteiger partial charge in [-0.05, 0) is 25.7 Å². The monoisotopic (exact) mass is 344 g/mol. The van der Waals surface area contributed by atoms with Crippen molar-refractivity contribution in [2.45, 2.75) is 83.3 Å². The molecule has 6 heteroatoms. The fraction of sp³-hybridized carbons (Fsp3) is 0.722. The number of allylic oxidation sites excluding steroid dienone is 1. The van der Waals surface area contributed by atoms with Crippen molar-refractivity contribution in [1.29, 1.82) is 0 Å². The summed E-state index contributed by atoms with van der Waals surface area (Å²) in [4.78, 5) is 19.1. The third-order valence-corrected chi connectivity index (χ3v) is 3.70. The van der Waals surface area contributed by atoms with Crippen LogP contribution >= 0.6 is 0 Å². The summed E-state index contributed by atoms with van der Waals surface area (Å²) in [5.41, 5.74) is 0. The Hall–Kier alpha value is -1.21. The molecule has 0 bridgehead atoms. The fourth-order valence-corrected chi connectivity index (χ4v) is 2.27. The van der Waals surface area contributed by atoms with Crippen molar-refractivity contribution in [2.75, 3.05) is 0 Å². The van der Waals surface area contributed by atoms with Gasteiger partial charge in [-0.1, -0.05) is 63.3 Å². The number of hydrogen-bond acceptors (Lipinski definition) is 5. The number of carboxylic acid groups (broad SMARTS) is 1. The van der Waals surface area contributed by atoms with E-state index in [1.807, 2.05) is 6.08 Å². The Morgan fingerprint density at radius 3 is 2.33 bits per heavy atom. The Balaban J connectivity index is 3.93. The molecule has 0 aliphatic carbocycles. The summed E-state index contributed by atoms with van der Waals surface area (Å²) in [7, 11) is 0. The molecule has 0 saturated carbocycles. The largest absolute Gasteiger partial charge is 0.481 e. The average molecular weight is 344 g/mol. The Labute approximate surface area is 144 Å². The molecule has 0 aliphatic heterocycles. The van der Waals surface area contributed by atoms with Gasteiger partial charge in [0.15, 0.2) is 0 Å². The van der Waals surface area contributed by atoms with Crippen LogP contribution in [0.25, 0.3) is 0 Å². The molecule has 0 aliphatic rings. The second kappa shape index (κ2) is 16.6. The molecular formula is C18H32O6. The van der Waals surface area contributed by atoms with E-state index >= 15 is 0 Å². The molecular weight excluding hydrogens is 312 g/mol. The Morgan fingerprint density at radius 2 is 1.71 bits per heavy atom. The highest BCUT2D eigenvalue weighted by Crippen LogP contribution is 2.10. The molecule has 0 aromatic heterocycles. The van der Waals surface area contributed by atoms with Gasteiger partial charge in [0.05, 0.1) is 0 Å². The van der Waals surface area contributed by atoms with Crippen LogP contribution in [0.1, 0.15) is 71.1 Å². The van der Waals surface area contributed by atoms with E-state index in [1.165, 1.54) is 0 Å². The van der Waals surface area contributed by atoms with Crippen LogP contribution in [0.3, 0.4) is 0 Å². The summed E-state index contributed by atoms with van der Waals surface area (Å²) < 4.78 is 0. The van der Waals surface area contributed by atoms with Crippen molar-refractivity contribution in [3.8, 4) is 0 Å². The van der Waals surface area contributed by atoms with E-state index in [1.54, 1.807) is 18.2 Å². The highest BCUT2D eigenvalue weighted by molar-refractivity contribution is 5.66. The van der Waals surface area contributed by atoms with E-state index in [4.69, 9.17) is 15.6 Å². The molecule has 0 amide bonds. The summed E-state index contributed by atoms with van der Waals surface area (Å²) in [6, 6.07) is 0. The normalized spacial score (nSPS) is 14.5. The van der Waals surface area contributed by atoms with Crippen LogP contribution in [0.2, 0.25) is 0 Å². The highest BCUT2D eigenvalue weighted by atomic mass is 17.1. The number of rotatable bonds is 16. The quantitative estimate of drug-likeness (QED) is 0.161. The van der Waals surface area contributed by atoms with Gasteiger partial charge in [0.1, 0.15) is 12.2 Å². The van der Waals surface area contributed by atoms with Crippen molar-refractivity contribution < 1.29 is 30.2 Å². The van der Waals surface area contributed by atoms with Gasteiger partial charge >= 0.3 is 5.97 Å². The lowest BCUT2D eigenvalue weighted by Gasteiger charge is -2.09. The highest BCUT2D eigenvalue weighted by Gasteiger charge is 2.06. The molecule has 24 heavy (non-hydrogen) atoms. The molecule has 2 unspecified atom stereocenters. The first-order valence-corrected chi connectivity index (χ1v) is 8.81. The average Bonchev–Trinajstić information content (AvgIpc) is 2.57. The standard InChI is InChI=1S/C18H32O6/c1-2-3-8-11-16(23-21)14-15-17(24-22)12-9-6-4-5-7-10-13-18(19)20/h9,12,14-17,21-22H,2-8,10-11,13H2,1H3,(H,19,20)/b12-9+,15-14+. The van der Waals surface area contributed by atoms with Crippen LogP contribution in [0.5, 0.6) is 0 Å². The van der Waals surface area contributed by atoms with Gasteiger partial charge in [0.25, 0.3) is 0 Å². The van der Waals surface area contributed by atoms with Crippen LogP contribution < -0.4 is 0 Å². The molecule has 3 N–H and O–H groups in total. The number of carboxylic acids is 1. The minimum absolute atomic E-state index is 0.230. The van der Waals surface area contributed by atoms with Crippen molar-refractivity contribution in [3.63, 3.8) is 0 Å². The molecule has 140 valence electrons. The van der Waals surface area contributed by atoms with Crippen LogP contribution in [-0.4, -0.2) is 33.8 Å². The third-order valence-electron chi connectivity index (χ3n) is 3.70. The first-order chi connectivity index (χ1) is 11.6. The van der Waals surface area contributed by atoms with E-state index in [0.29, 0.717) is 6.42 Å². The summed E-state index contributed by atoms with van der Waals surface area (Å²) in [5.74, 6) is -0.746. The van der Waals surface area contributed by atoms with Crippen LogP contribution in [-0.2, 0) is 14.6 Å². The molecule has 0 rings (SSSR count). The molecule has 0 heterocycles. The Morgan fingerprint density at radius 1 is 0.958 bits per heavy atom. The maximum absolute atomic E-state index is 10.4. The molecule has 6 nitrogen and oxygen atoms in total. The minimum Gasteiger partial charge on any atom is -0.481 e. The topological polar surface area (TPSA) is 96.2 Å². The molecule has 0 spiro atoms. The van der Waals surface area contributed by atoms with Gasteiger partial charge in [-0.15, -0.1) is 0 Å². The number of carbonyl (C=O) groups is 1. The predicted octanol–water partition coefficient (Wildman–Crippen LogP) is 4.82. The fourth-order valence-electron chi connectivity index (χ4n) is 2.27. The van der Waals surface area contributed by atoms with Crippen molar-refractivity contribution in [3.05, 3.63) is 24.3 Å². The lowest BCUT2D eigenvalue weighted by Crippen LogP contribution is -2.10.